The van der Waals surface area contributed by atoms with Gasteiger partial charge in [0.15, 0.2) is 0 Å². The maximum absolute atomic E-state index is 12.8. The average Bonchev–Trinajstić information content (AvgIpc) is 2.93. The molecule has 2 saturated heterocycles. The molecule has 0 aromatic rings. The van der Waals surface area contributed by atoms with Crippen LogP contribution in [0.5, 0.6) is 0 Å². The summed E-state index contributed by atoms with van der Waals surface area (Å²) in [5.41, 5.74) is 0. The fraction of sp³-hybridized carbons (Fsp3) is 0.944. The van der Waals surface area contributed by atoms with Gasteiger partial charge in [-0.15, -0.1) is 0 Å². The van der Waals surface area contributed by atoms with E-state index < -0.39 is 0 Å². The molecule has 22 heavy (non-hydrogen) atoms. The third-order valence-electron chi connectivity index (χ3n) is 5.74. The van der Waals surface area contributed by atoms with E-state index in [1.165, 1.54) is 83.7 Å². The minimum atomic E-state index is 0.220. The normalized spacial score (nSPS) is 28.5. The van der Waals surface area contributed by atoms with Crippen LogP contribution in [0, 0.1) is 0 Å². The first kappa shape index (κ1) is 16.1. The fourth-order valence-corrected chi connectivity index (χ4v) is 4.40. The van der Waals surface area contributed by atoms with Crippen LogP contribution in [0.1, 0.15) is 70.6 Å². The molecule has 0 aromatic carbocycles. The van der Waals surface area contributed by atoms with E-state index in [1.54, 1.807) is 0 Å². The Morgan fingerprint density at radius 1 is 0.818 bits per heavy atom. The van der Waals surface area contributed by atoms with Gasteiger partial charge in [0.2, 0.25) is 0 Å². The van der Waals surface area contributed by atoms with Gasteiger partial charge in [0.25, 0.3) is 0 Å². The van der Waals surface area contributed by atoms with Crippen LogP contribution in [-0.2, 0) is 0 Å². The smallest absolute Gasteiger partial charge is 0.317 e. The van der Waals surface area contributed by atoms with Gasteiger partial charge in [0.1, 0.15) is 0 Å². The number of nitrogens with one attached hydrogen (secondary N) is 1. The molecular formula is C18H33N3O. The van der Waals surface area contributed by atoms with Gasteiger partial charge in [0.05, 0.1) is 0 Å². The third kappa shape index (κ3) is 4.37. The first-order valence-electron chi connectivity index (χ1n) is 9.62. The molecule has 3 fully saturated rings. The molecule has 1 N–H and O–H groups in total. The minimum Gasteiger partial charge on any atom is -0.335 e. The van der Waals surface area contributed by atoms with Crippen molar-refractivity contribution in [1.29, 1.82) is 0 Å². The van der Waals surface area contributed by atoms with E-state index >= 15 is 0 Å². The van der Waals surface area contributed by atoms with Crippen LogP contribution < -0.4 is 5.32 Å². The summed E-state index contributed by atoms with van der Waals surface area (Å²) in [5.74, 6) is 0. The van der Waals surface area contributed by atoms with Gasteiger partial charge >= 0.3 is 6.03 Å². The number of carbonyl (C=O) groups is 1. The highest BCUT2D eigenvalue weighted by molar-refractivity contribution is 5.75. The molecule has 2 amide bonds. The maximum Gasteiger partial charge on any atom is 0.317 e. The van der Waals surface area contributed by atoms with Crippen molar-refractivity contribution in [1.82, 2.24) is 15.1 Å². The van der Waals surface area contributed by atoms with Gasteiger partial charge in [-0.2, -0.15) is 0 Å². The number of amides is 2. The molecular weight excluding hydrogens is 274 g/mol. The summed E-state index contributed by atoms with van der Waals surface area (Å²) in [6.07, 6.45) is 13.9. The Hall–Kier alpha value is -0.770. The zero-order chi connectivity index (χ0) is 15.2. The molecule has 4 nitrogen and oxygen atoms in total. The average molecular weight is 307 g/mol. The number of urea groups is 1. The molecule has 0 spiro atoms. The van der Waals surface area contributed by atoms with Crippen LogP contribution in [0.25, 0.3) is 0 Å². The highest BCUT2D eigenvalue weighted by Gasteiger charge is 2.29. The van der Waals surface area contributed by atoms with Gasteiger partial charge in [-0.1, -0.05) is 32.1 Å². The number of hydrogen-bond acceptors (Lipinski definition) is 2. The van der Waals surface area contributed by atoms with Gasteiger partial charge < -0.3 is 15.1 Å². The number of nitrogens with zero attached hydrogens (tertiary/aromatic N) is 2. The highest BCUT2D eigenvalue weighted by Crippen LogP contribution is 2.22. The Labute approximate surface area is 135 Å². The molecule has 0 aromatic heterocycles. The Balaban J connectivity index is 1.57. The second-order valence-electron chi connectivity index (χ2n) is 7.49. The predicted octanol–water partition coefficient (Wildman–Crippen LogP) is 3.37. The SMILES string of the molecule is O=C(NC1CCCCC1)N1CCCCCC1CN1CCCC1. The second kappa shape index (κ2) is 8.19. The molecule has 0 radical (unpaired) electrons. The molecule has 1 saturated carbocycles. The summed E-state index contributed by atoms with van der Waals surface area (Å²) in [6.45, 7) is 4.51. The van der Waals surface area contributed by atoms with Gasteiger partial charge in [-0.3, -0.25) is 0 Å². The van der Waals surface area contributed by atoms with Crippen molar-refractivity contribution in [3.8, 4) is 0 Å². The second-order valence-corrected chi connectivity index (χ2v) is 7.49. The van der Waals surface area contributed by atoms with Crippen molar-refractivity contribution >= 4 is 6.03 Å². The summed E-state index contributed by atoms with van der Waals surface area (Å²) < 4.78 is 0. The highest BCUT2D eigenvalue weighted by atomic mass is 16.2. The molecule has 1 unspecified atom stereocenters. The van der Waals surface area contributed by atoms with E-state index in [0.717, 1.165) is 13.1 Å². The number of likely N-dealkylation sites (tertiary alicyclic amines) is 2. The Bertz CT molecular complexity index is 348. The third-order valence-corrected chi connectivity index (χ3v) is 5.74. The lowest BCUT2D eigenvalue weighted by Crippen LogP contribution is -2.52. The molecule has 2 aliphatic heterocycles. The zero-order valence-electron chi connectivity index (χ0n) is 14.1. The Kier molecular flexibility index (Phi) is 5.99. The van der Waals surface area contributed by atoms with Crippen molar-refractivity contribution in [2.75, 3.05) is 26.2 Å². The van der Waals surface area contributed by atoms with Crippen molar-refractivity contribution in [3.05, 3.63) is 0 Å². The van der Waals surface area contributed by atoms with E-state index in [0.29, 0.717) is 12.1 Å². The standard InChI is InChI=1S/C18H33N3O/c22-18(19-16-9-3-1-4-10-16)21-14-6-2-5-11-17(21)15-20-12-7-8-13-20/h16-17H,1-15H2,(H,19,22). The van der Waals surface area contributed by atoms with Gasteiger partial charge in [-0.05, 0) is 51.6 Å². The maximum atomic E-state index is 12.8. The van der Waals surface area contributed by atoms with E-state index in [-0.39, 0.29) is 6.03 Å². The lowest BCUT2D eigenvalue weighted by molar-refractivity contribution is 0.148. The molecule has 2 heterocycles. The van der Waals surface area contributed by atoms with E-state index in [1.807, 2.05) is 0 Å². The predicted molar refractivity (Wildman–Crippen MR) is 90.0 cm³/mol. The molecule has 126 valence electrons. The topological polar surface area (TPSA) is 35.6 Å². The molecule has 1 atom stereocenters. The van der Waals surface area contributed by atoms with Crippen molar-refractivity contribution in [2.24, 2.45) is 0 Å². The quantitative estimate of drug-likeness (QED) is 0.867. The summed E-state index contributed by atoms with van der Waals surface area (Å²) >= 11 is 0. The van der Waals surface area contributed by atoms with Crippen molar-refractivity contribution in [2.45, 2.75) is 82.7 Å². The first-order chi connectivity index (χ1) is 10.8. The Morgan fingerprint density at radius 2 is 1.45 bits per heavy atom. The molecule has 1 aliphatic carbocycles. The van der Waals surface area contributed by atoms with Crippen LogP contribution in [0.15, 0.2) is 0 Å². The van der Waals surface area contributed by atoms with Crippen LogP contribution in [-0.4, -0.2) is 54.1 Å². The molecule has 0 bridgehead atoms. The molecule has 3 rings (SSSR count). The lowest BCUT2D eigenvalue weighted by Gasteiger charge is -2.35. The summed E-state index contributed by atoms with van der Waals surface area (Å²) in [4.78, 5) is 17.5. The summed E-state index contributed by atoms with van der Waals surface area (Å²) in [5, 5.41) is 3.34. The number of hydrogen-bond donors (Lipinski definition) is 1. The summed E-state index contributed by atoms with van der Waals surface area (Å²) in [6, 6.07) is 1.08. The fourth-order valence-electron chi connectivity index (χ4n) is 4.40. The Morgan fingerprint density at radius 3 is 2.23 bits per heavy atom. The molecule has 4 heteroatoms. The monoisotopic (exact) mass is 307 g/mol. The summed E-state index contributed by atoms with van der Waals surface area (Å²) in [7, 11) is 0. The van der Waals surface area contributed by atoms with Crippen LogP contribution >= 0.6 is 0 Å². The number of rotatable bonds is 3. The van der Waals surface area contributed by atoms with Crippen molar-refractivity contribution < 1.29 is 4.79 Å². The van der Waals surface area contributed by atoms with Crippen LogP contribution in [0.3, 0.4) is 0 Å². The van der Waals surface area contributed by atoms with E-state index in [2.05, 4.69) is 15.1 Å². The van der Waals surface area contributed by atoms with Crippen molar-refractivity contribution in [3.63, 3.8) is 0 Å². The first-order valence-corrected chi connectivity index (χ1v) is 9.62. The van der Waals surface area contributed by atoms with Gasteiger partial charge in [-0.25, -0.2) is 4.79 Å². The molecule has 3 aliphatic rings. The van der Waals surface area contributed by atoms with Crippen LogP contribution in [0.4, 0.5) is 4.79 Å². The largest absolute Gasteiger partial charge is 0.335 e. The minimum absolute atomic E-state index is 0.220. The van der Waals surface area contributed by atoms with Gasteiger partial charge in [0, 0.05) is 25.2 Å². The number of carbonyl (C=O) groups excluding carboxylic acids is 1. The van der Waals surface area contributed by atoms with Crippen LogP contribution in [0.2, 0.25) is 0 Å². The van der Waals surface area contributed by atoms with E-state index in [4.69, 9.17) is 0 Å². The van der Waals surface area contributed by atoms with E-state index in [9.17, 15) is 4.79 Å². The lowest BCUT2D eigenvalue weighted by atomic mass is 9.96. The zero-order valence-corrected chi connectivity index (χ0v) is 14.1.